The van der Waals surface area contributed by atoms with Gasteiger partial charge in [0.15, 0.2) is 5.65 Å². The summed E-state index contributed by atoms with van der Waals surface area (Å²) in [5, 5.41) is 11.9. The van der Waals surface area contributed by atoms with Gasteiger partial charge < -0.3 is 14.6 Å². The van der Waals surface area contributed by atoms with Crippen LogP contribution < -0.4 is 11.2 Å². The first-order chi connectivity index (χ1) is 16.0. The van der Waals surface area contributed by atoms with Crippen molar-refractivity contribution < 1.29 is 5.11 Å². The van der Waals surface area contributed by atoms with Crippen molar-refractivity contribution in [2.75, 3.05) is 20.6 Å². The van der Waals surface area contributed by atoms with E-state index in [2.05, 4.69) is 4.98 Å². The van der Waals surface area contributed by atoms with Gasteiger partial charge in [0.1, 0.15) is 0 Å². The van der Waals surface area contributed by atoms with Crippen LogP contribution in [0.4, 0.5) is 0 Å². The summed E-state index contributed by atoms with van der Waals surface area (Å²) in [5.41, 5.74) is 1.52. The fraction of sp³-hybridized carbons (Fsp3) is 0.160. The average Bonchev–Trinajstić information content (AvgIpc) is 3.12. The Morgan fingerprint density at radius 2 is 1.64 bits per heavy atom. The number of para-hydroxylation sites is 1. The van der Waals surface area contributed by atoms with E-state index in [1.54, 1.807) is 22.9 Å². The van der Waals surface area contributed by atoms with Gasteiger partial charge in [-0.15, -0.1) is 0 Å². The van der Waals surface area contributed by atoms with Crippen molar-refractivity contribution in [2.45, 2.75) is 6.54 Å². The number of benzene rings is 2. The molecule has 3 aromatic heterocycles. The molecule has 0 saturated carbocycles. The van der Waals surface area contributed by atoms with Crippen molar-refractivity contribution in [1.82, 2.24) is 24.0 Å². The van der Waals surface area contributed by atoms with Crippen molar-refractivity contribution >= 4 is 21.9 Å². The number of fused-ring (bicyclic) bond motifs is 2. The van der Waals surface area contributed by atoms with Crippen LogP contribution in [0.15, 0.2) is 76.4 Å². The van der Waals surface area contributed by atoms with E-state index in [0.717, 1.165) is 5.56 Å². The Balaban J connectivity index is 1.96. The van der Waals surface area contributed by atoms with E-state index in [1.165, 1.54) is 4.57 Å². The maximum Gasteiger partial charge on any atom is 0.334 e. The summed E-state index contributed by atoms with van der Waals surface area (Å²) >= 11 is 0. The van der Waals surface area contributed by atoms with E-state index in [9.17, 15) is 14.7 Å². The number of aromatic hydroxyl groups is 1. The van der Waals surface area contributed by atoms with E-state index >= 15 is 0 Å². The van der Waals surface area contributed by atoms with Crippen molar-refractivity contribution in [3.8, 4) is 22.7 Å². The van der Waals surface area contributed by atoms with Crippen molar-refractivity contribution in [3.63, 3.8) is 0 Å². The van der Waals surface area contributed by atoms with Gasteiger partial charge in [-0.3, -0.25) is 9.78 Å². The normalized spacial score (nSPS) is 11.6. The molecule has 8 nitrogen and oxygen atoms in total. The number of rotatable bonds is 5. The number of hydrogen-bond acceptors (Lipinski definition) is 5. The summed E-state index contributed by atoms with van der Waals surface area (Å²) < 4.78 is 3.12. The minimum Gasteiger partial charge on any atom is -0.494 e. The molecular formula is C25H23N5O3. The Morgan fingerprint density at radius 3 is 2.30 bits per heavy atom. The Hall–Kier alpha value is -4.17. The number of hydrogen-bond donors (Lipinski definition) is 2. The molecular weight excluding hydrogens is 418 g/mol. The zero-order chi connectivity index (χ0) is 23.1. The van der Waals surface area contributed by atoms with E-state index in [0.29, 0.717) is 35.2 Å². The first-order valence-corrected chi connectivity index (χ1v) is 10.6. The molecule has 33 heavy (non-hydrogen) atoms. The highest BCUT2D eigenvalue weighted by molar-refractivity contribution is 6.10. The van der Waals surface area contributed by atoms with Gasteiger partial charge in [0.25, 0.3) is 5.56 Å². The Bertz CT molecular complexity index is 1580. The summed E-state index contributed by atoms with van der Waals surface area (Å²) in [4.78, 5) is 35.2. The van der Waals surface area contributed by atoms with Gasteiger partial charge in [0, 0.05) is 24.8 Å². The van der Waals surface area contributed by atoms with Gasteiger partial charge in [-0.05, 0) is 31.8 Å². The lowest BCUT2D eigenvalue weighted by molar-refractivity contribution is 0.359. The van der Waals surface area contributed by atoms with Crippen LogP contribution in [0.25, 0.3) is 38.8 Å². The highest BCUT2D eigenvalue weighted by Crippen LogP contribution is 2.39. The molecule has 0 amide bonds. The van der Waals surface area contributed by atoms with Gasteiger partial charge in [-0.25, -0.2) is 14.3 Å². The third-order valence-corrected chi connectivity index (χ3v) is 5.71. The average molecular weight is 441 g/mol. The second-order valence-electron chi connectivity index (χ2n) is 8.19. The second kappa shape index (κ2) is 8.07. The number of aromatic amines is 1. The highest BCUT2D eigenvalue weighted by Gasteiger charge is 2.23. The van der Waals surface area contributed by atoms with Crippen LogP contribution in [0.5, 0.6) is 5.88 Å². The molecule has 166 valence electrons. The molecule has 2 N–H and O–H groups in total. The standard InChI is InChI=1S/C25H23N5O3/c1-28(2)13-14-29-15-18-20(24(29)32)19(16-9-5-3-6-10-16)21-22(26-18)30(25(33)27-23(21)31)17-11-7-4-8-12-17/h3-12,15,32H,13-14H2,1-2H3,(H,27,31,33). The summed E-state index contributed by atoms with van der Waals surface area (Å²) in [6.07, 6.45) is 1.76. The Kier molecular flexibility index (Phi) is 5.07. The molecule has 0 saturated heterocycles. The van der Waals surface area contributed by atoms with Gasteiger partial charge in [0.05, 0.1) is 22.0 Å². The third-order valence-electron chi connectivity index (χ3n) is 5.71. The lowest BCUT2D eigenvalue weighted by atomic mass is 9.99. The summed E-state index contributed by atoms with van der Waals surface area (Å²) in [5.74, 6) is 0.0389. The topological polar surface area (TPSA) is 96.2 Å². The molecule has 0 radical (unpaired) electrons. The molecule has 0 atom stereocenters. The highest BCUT2D eigenvalue weighted by atomic mass is 16.3. The molecule has 0 fully saturated rings. The van der Waals surface area contributed by atoms with E-state index in [-0.39, 0.29) is 16.9 Å². The minimum absolute atomic E-state index is 0.0389. The first kappa shape index (κ1) is 20.7. The smallest absolute Gasteiger partial charge is 0.334 e. The predicted octanol–water partition coefficient (Wildman–Crippen LogP) is 2.96. The molecule has 5 aromatic rings. The van der Waals surface area contributed by atoms with E-state index < -0.39 is 11.2 Å². The lowest BCUT2D eigenvalue weighted by Crippen LogP contribution is -2.30. The maximum atomic E-state index is 13.2. The van der Waals surface area contributed by atoms with Crippen LogP contribution in [0.1, 0.15) is 0 Å². The fourth-order valence-electron chi connectivity index (χ4n) is 4.14. The molecule has 0 aliphatic heterocycles. The quantitative estimate of drug-likeness (QED) is 0.437. The van der Waals surface area contributed by atoms with Crippen LogP contribution in [0.2, 0.25) is 0 Å². The van der Waals surface area contributed by atoms with Gasteiger partial charge in [-0.1, -0.05) is 48.5 Å². The lowest BCUT2D eigenvalue weighted by Gasteiger charge is -2.13. The Labute approximate surface area is 189 Å². The first-order valence-electron chi connectivity index (χ1n) is 10.6. The van der Waals surface area contributed by atoms with Crippen molar-refractivity contribution in [3.05, 3.63) is 87.7 Å². The van der Waals surface area contributed by atoms with E-state index in [1.807, 2.05) is 67.5 Å². The summed E-state index contributed by atoms with van der Waals surface area (Å²) in [7, 11) is 3.92. The molecule has 8 heteroatoms. The molecule has 0 aliphatic rings. The zero-order valence-corrected chi connectivity index (χ0v) is 18.3. The van der Waals surface area contributed by atoms with Crippen molar-refractivity contribution in [2.24, 2.45) is 0 Å². The fourth-order valence-corrected chi connectivity index (χ4v) is 4.14. The predicted molar refractivity (Wildman–Crippen MR) is 129 cm³/mol. The summed E-state index contributed by atoms with van der Waals surface area (Å²) in [6, 6.07) is 18.4. The number of likely N-dealkylation sites (N-methyl/N-ethyl adjacent to an activating group) is 1. The largest absolute Gasteiger partial charge is 0.494 e. The second-order valence-corrected chi connectivity index (χ2v) is 8.19. The SMILES string of the molecule is CN(C)CCn1cc2nc3c(c(-c4ccccc4)c2c1O)c(=O)[nH]c(=O)n3-c1ccccc1. The number of nitrogens with zero attached hydrogens (tertiary/aromatic N) is 4. The molecule has 2 aromatic carbocycles. The molecule has 5 rings (SSSR count). The van der Waals surface area contributed by atoms with Gasteiger partial charge >= 0.3 is 5.69 Å². The van der Waals surface area contributed by atoms with Crippen LogP contribution in [-0.2, 0) is 6.54 Å². The minimum atomic E-state index is -0.569. The van der Waals surface area contributed by atoms with Gasteiger partial charge in [-0.2, -0.15) is 0 Å². The van der Waals surface area contributed by atoms with Crippen LogP contribution >= 0.6 is 0 Å². The maximum absolute atomic E-state index is 13.2. The zero-order valence-electron chi connectivity index (χ0n) is 18.3. The van der Waals surface area contributed by atoms with Gasteiger partial charge in [0.2, 0.25) is 5.88 Å². The number of H-pyrrole nitrogens is 1. The monoisotopic (exact) mass is 441 g/mol. The molecule has 0 aliphatic carbocycles. The third kappa shape index (κ3) is 3.50. The number of aromatic nitrogens is 4. The van der Waals surface area contributed by atoms with Crippen molar-refractivity contribution in [1.29, 1.82) is 0 Å². The summed E-state index contributed by atoms with van der Waals surface area (Å²) in [6.45, 7) is 1.26. The molecule has 0 bridgehead atoms. The van der Waals surface area contributed by atoms with Crippen LogP contribution in [0.3, 0.4) is 0 Å². The molecule has 0 unspecified atom stereocenters. The van der Waals surface area contributed by atoms with E-state index in [4.69, 9.17) is 4.98 Å². The van der Waals surface area contributed by atoms with Crippen LogP contribution in [0, 0.1) is 0 Å². The molecule has 0 spiro atoms. The Morgan fingerprint density at radius 1 is 0.970 bits per heavy atom. The number of nitrogens with one attached hydrogen (secondary N) is 1. The van der Waals surface area contributed by atoms with Crippen LogP contribution in [-0.4, -0.2) is 49.7 Å². The molecule has 3 heterocycles. The number of pyridine rings is 1.